The van der Waals surface area contributed by atoms with E-state index in [-0.39, 0.29) is 11.5 Å². The van der Waals surface area contributed by atoms with E-state index in [1.165, 1.54) is 17.0 Å². The third-order valence-corrected chi connectivity index (χ3v) is 5.91. The number of benzene rings is 2. The van der Waals surface area contributed by atoms with E-state index < -0.39 is 11.7 Å². The first-order valence-corrected chi connectivity index (χ1v) is 11.2. The topological polar surface area (TPSA) is 56.8 Å². The van der Waals surface area contributed by atoms with Gasteiger partial charge in [0, 0.05) is 45.3 Å². The molecule has 0 atom stereocenters. The minimum absolute atomic E-state index is 0.289. The van der Waals surface area contributed by atoms with Crippen LogP contribution >= 0.6 is 0 Å². The van der Waals surface area contributed by atoms with E-state index in [4.69, 9.17) is 0 Å². The predicted octanol–water partition coefficient (Wildman–Crippen LogP) is 4.14. The maximum Gasteiger partial charge on any atom is 0.282 e. The Morgan fingerprint density at radius 2 is 1.65 bits per heavy atom. The lowest BCUT2D eigenvalue weighted by Crippen LogP contribution is -2.36. The van der Waals surface area contributed by atoms with Gasteiger partial charge in [-0.05, 0) is 66.9 Å². The fraction of sp³-hybridized carbons (Fsp3) is 0.222. The molecule has 1 aromatic heterocycles. The number of halogens is 1. The predicted molar refractivity (Wildman–Crippen MR) is 132 cm³/mol. The van der Waals surface area contributed by atoms with Crippen molar-refractivity contribution >= 4 is 28.8 Å². The summed E-state index contributed by atoms with van der Waals surface area (Å²) in [5.41, 5.74) is 3.61. The van der Waals surface area contributed by atoms with E-state index in [1.54, 1.807) is 30.6 Å². The Labute approximate surface area is 198 Å². The molecule has 1 aliphatic heterocycles. The number of amides is 2. The Hall–Kier alpha value is -4.00. The maximum atomic E-state index is 13.8. The van der Waals surface area contributed by atoms with Crippen molar-refractivity contribution in [3.63, 3.8) is 0 Å². The number of aromatic nitrogens is 1. The number of carbonyl (C=O) groups is 2. The number of imide groups is 1. The first-order chi connectivity index (χ1) is 16.4. The summed E-state index contributed by atoms with van der Waals surface area (Å²) in [6.45, 7) is 3.04. The molecule has 2 heterocycles. The third-order valence-electron chi connectivity index (χ3n) is 5.91. The lowest BCUT2D eigenvalue weighted by molar-refractivity contribution is -0.120. The van der Waals surface area contributed by atoms with Crippen molar-refractivity contribution in [2.75, 3.05) is 37.0 Å². The highest BCUT2D eigenvalue weighted by molar-refractivity contribution is 6.45. The number of hydrogen-bond acceptors (Lipinski definition) is 5. The first-order valence-electron chi connectivity index (χ1n) is 11.2. The van der Waals surface area contributed by atoms with Gasteiger partial charge in [-0.15, -0.1) is 0 Å². The van der Waals surface area contributed by atoms with Crippen molar-refractivity contribution in [2.45, 2.75) is 13.3 Å². The van der Waals surface area contributed by atoms with E-state index >= 15 is 0 Å². The molecule has 0 bridgehead atoms. The molecule has 0 fully saturated rings. The van der Waals surface area contributed by atoms with Crippen LogP contribution in [-0.2, 0) is 16.0 Å². The van der Waals surface area contributed by atoms with Crippen LogP contribution in [0, 0.1) is 5.82 Å². The average molecular weight is 459 g/mol. The summed E-state index contributed by atoms with van der Waals surface area (Å²) in [7, 11) is 3.80. The number of hydrogen-bond donors (Lipinski definition) is 0. The van der Waals surface area contributed by atoms with Crippen molar-refractivity contribution in [3.8, 4) is 0 Å². The molecule has 0 saturated heterocycles. The van der Waals surface area contributed by atoms with Crippen LogP contribution in [0.2, 0.25) is 0 Å². The molecular formula is C27H27FN4O2. The second-order valence-electron chi connectivity index (χ2n) is 8.28. The lowest BCUT2D eigenvalue weighted by atomic mass is 10.0. The minimum atomic E-state index is -0.412. The van der Waals surface area contributed by atoms with E-state index in [2.05, 4.69) is 4.98 Å². The molecule has 1 aliphatic rings. The van der Waals surface area contributed by atoms with Gasteiger partial charge in [0.15, 0.2) is 0 Å². The van der Waals surface area contributed by atoms with Gasteiger partial charge in [-0.3, -0.25) is 14.6 Å². The zero-order valence-corrected chi connectivity index (χ0v) is 19.5. The number of likely N-dealkylation sites (N-methyl/N-ethyl adjacent to an activating group) is 1. The minimum Gasteiger partial charge on any atom is -0.378 e. The van der Waals surface area contributed by atoms with E-state index in [0.29, 0.717) is 36.5 Å². The highest BCUT2D eigenvalue weighted by Crippen LogP contribution is 2.36. The van der Waals surface area contributed by atoms with Gasteiger partial charge in [0.25, 0.3) is 11.8 Å². The van der Waals surface area contributed by atoms with E-state index in [1.807, 2.05) is 61.2 Å². The van der Waals surface area contributed by atoms with Crippen molar-refractivity contribution < 1.29 is 14.0 Å². The molecule has 0 spiro atoms. The Kier molecular flexibility index (Phi) is 6.72. The van der Waals surface area contributed by atoms with Crippen molar-refractivity contribution in [1.82, 2.24) is 9.88 Å². The largest absolute Gasteiger partial charge is 0.378 e. The Bertz CT molecular complexity index is 1220. The number of carbonyl (C=O) groups excluding carboxylic acids is 2. The monoisotopic (exact) mass is 458 g/mol. The fourth-order valence-electron chi connectivity index (χ4n) is 4.07. The molecule has 34 heavy (non-hydrogen) atoms. The first kappa shape index (κ1) is 23.2. The summed E-state index contributed by atoms with van der Waals surface area (Å²) in [4.78, 5) is 36.6. The zero-order valence-electron chi connectivity index (χ0n) is 19.5. The van der Waals surface area contributed by atoms with Gasteiger partial charge in [-0.1, -0.05) is 18.2 Å². The highest BCUT2D eigenvalue weighted by atomic mass is 19.1. The van der Waals surface area contributed by atoms with Crippen LogP contribution in [0.1, 0.15) is 18.1 Å². The molecule has 2 amide bonds. The lowest BCUT2D eigenvalue weighted by Gasteiger charge is -2.25. The molecule has 174 valence electrons. The summed E-state index contributed by atoms with van der Waals surface area (Å²) in [5.74, 6) is -1.19. The average Bonchev–Trinajstić information content (AvgIpc) is 3.10. The molecule has 6 nitrogen and oxygen atoms in total. The van der Waals surface area contributed by atoms with Gasteiger partial charge in [0.2, 0.25) is 0 Å². The van der Waals surface area contributed by atoms with Gasteiger partial charge in [-0.2, -0.15) is 0 Å². The van der Waals surface area contributed by atoms with Gasteiger partial charge in [0.1, 0.15) is 11.5 Å². The quantitative estimate of drug-likeness (QED) is 0.475. The summed E-state index contributed by atoms with van der Waals surface area (Å²) in [6.07, 6.45) is 4.16. The van der Waals surface area contributed by atoms with Gasteiger partial charge >= 0.3 is 0 Å². The highest BCUT2D eigenvalue weighted by Gasteiger charge is 2.42. The number of anilines is 2. The van der Waals surface area contributed by atoms with Crippen molar-refractivity contribution in [3.05, 3.63) is 95.7 Å². The smallest absolute Gasteiger partial charge is 0.282 e. The number of nitrogens with zero attached hydrogens (tertiary/aromatic N) is 4. The summed E-state index contributed by atoms with van der Waals surface area (Å²) in [5, 5.41) is 0. The normalized spacial score (nSPS) is 13.6. The number of pyridine rings is 1. The fourth-order valence-corrected chi connectivity index (χ4v) is 4.07. The van der Waals surface area contributed by atoms with E-state index in [0.717, 1.165) is 11.3 Å². The summed E-state index contributed by atoms with van der Waals surface area (Å²) < 4.78 is 13.6. The SMILES string of the molecule is CCN(CCc1ccncc1)C1=C(c2ccc(F)cc2)C(=O)N(c2cccc(N(C)C)c2)C1=O. The number of rotatable bonds is 8. The molecule has 3 aromatic rings. The Balaban J connectivity index is 1.76. The van der Waals surface area contributed by atoms with Gasteiger partial charge in [0.05, 0.1) is 11.3 Å². The van der Waals surface area contributed by atoms with Gasteiger partial charge < -0.3 is 9.80 Å². The van der Waals surface area contributed by atoms with Crippen LogP contribution in [0.25, 0.3) is 5.57 Å². The molecule has 0 unspecified atom stereocenters. The van der Waals surface area contributed by atoms with Crippen LogP contribution in [0.3, 0.4) is 0 Å². The van der Waals surface area contributed by atoms with Crippen molar-refractivity contribution in [1.29, 1.82) is 0 Å². The molecule has 7 heteroatoms. The summed E-state index contributed by atoms with van der Waals surface area (Å²) in [6, 6.07) is 16.9. The van der Waals surface area contributed by atoms with Gasteiger partial charge in [-0.25, -0.2) is 9.29 Å². The second-order valence-corrected chi connectivity index (χ2v) is 8.28. The molecule has 2 aromatic carbocycles. The second kappa shape index (κ2) is 9.87. The standard InChI is InChI=1S/C27H27FN4O2/c1-4-31(17-14-19-12-15-29-16-13-19)25-24(20-8-10-21(28)11-9-20)26(33)32(27(25)34)23-7-5-6-22(18-23)30(2)3/h5-13,15-16,18H,4,14,17H2,1-3H3. The molecule has 0 saturated carbocycles. The zero-order chi connectivity index (χ0) is 24.2. The molecule has 0 N–H and O–H groups in total. The van der Waals surface area contributed by atoms with Crippen LogP contribution in [-0.4, -0.2) is 48.9 Å². The van der Waals surface area contributed by atoms with Crippen LogP contribution in [0.5, 0.6) is 0 Å². The van der Waals surface area contributed by atoms with Crippen LogP contribution in [0.4, 0.5) is 15.8 Å². The Morgan fingerprint density at radius 3 is 2.29 bits per heavy atom. The van der Waals surface area contributed by atoms with Crippen LogP contribution in [0.15, 0.2) is 78.8 Å². The molecule has 4 rings (SSSR count). The van der Waals surface area contributed by atoms with Crippen molar-refractivity contribution in [2.24, 2.45) is 0 Å². The molecule has 0 radical (unpaired) electrons. The molecule has 0 aliphatic carbocycles. The third kappa shape index (κ3) is 4.55. The van der Waals surface area contributed by atoms with E-state index in [9.17, 15) is 14.0 Å². The Morgan fingerprint density at radius 1 is 0.941 bits per heavy atom. The molecular weight excluding hydrogens is 431 g/mol. The van der Waals surface area contributed by atoms with Crippen LogP contribution < -0.4 is 9.80 Å². The summed E-state index contributed by atoms with van der Waals surface area (Å²) >= 11 is 0. The maximum absolute atomic E-state index is 13.8.